The molecule has 10 radical (unpaired) electrons. The van der Waals surface area contributed by atoms with E-state index in [0.29, 0.717) is 0 Å². The summed E-state index contributed by atoms with van der Waals surface area (Å²) in [5.74, 6) is 2.02. The fourth-order valence-corrected chi connectivity index (χ4v) is 2.26. The zero-order valence-corrected chi connectivity index (χ0v) is 13.9. The largest absolute Gasteiger partial charge is 2.00 e. The molecule has 0 unspecified atom stereocenters. The van der Waals surface area contributed by atoms with Crippen LogP contribution in [0.2, 0.25) is 0 Å². The van der Waals surface area contributed by atoms with Gasteiger partial charge in [-0.15, -0.1) is 0 Å². The molecule has 1 aromatic carbocycles. The molecule has 0 N–H and O–H groups in total. The van der Waals surface area contributed by atoms with Gasteiger partial charge in [0.25, 0.3) is 0 Å². The molecule has 0 bridgehead atoms. The van der Waals surface area contributed by atoms with Gasteiger partial charge in [0, 0.05) is 17.0 Å². The smallest absolute Gasteiger partial charge is 0.497 e. The quantitative estimate of drug-likeness (QED) is 0.769. The first-order chi connectivity index (χ1) is 10.9. The Kier molecular flexibility index (Phi) is 7.39. The van der Waals surface area contributed by atoms with E-state index in [-0.39, 0.29) is 17.1 Å². The summed E-state index contributed by atoms with van der Waals surface area (Å²) in [4.78, 5) is 4.64. The molecule has 0 amide bonds. The molecular weight excluding hydrogens is 326 g/mol. The normalized spacial score (nSPS) is 17.4. The average Bonchev–Trinajstić information content (AvgIpc) is 3.29. The predicted octanol–water partition coefficient (Wildman–Crippen LogP) is 4.02. The number of hydrogen-bond acceptors (Lipinski definition) is 2. The van der Waals surface area contributed by atoms with Gasteiger partial charge in [0.05, 0.1) is 12.6 Å². The monoisotopic (exact) mass is 343 g/mol. The summed E-state index contributed by atoms with van der Waals surface area (Å²) in [6, 6.07) is 10.0. The minimum Gasteiger partial charge on any atom is -0.497 e. The van der Waals surface area contributed by atoms with E-state index >= 15 is 0 Å². The van der Waals surface area contributed by atoms with Gasteiger partial charge in [-0.3, -0.25) is 4.98 Å². The molecule has 2 fully saturated rings. The van der Waals surface area contributed by atoms with E-state index in [9.17, 15) is 0 Å². The average molecular weight is 343 g/mol. The second-order valence-corrected chi connectivity index (χ2v) is 4.89. The van der Waals surface area contributed by atoms with Crippen LogP contribution in [0.4, 0.5) is 0 Å². The summed E-state index contributed by atoms with van der Waals surface area (Å²) in [6.07, 6.45) is 18.2. The zero-order chi connectivity index (χ0) is 15.2. The molecular formula is C20H17FeNO+2. The van der Waals surface area contributed by atoms with Gasteiger partial charge in [-0.25, -0.2) is 0 Å². The fourth-order valence-electron chi connectivity index (χ4n) is 2.26. The number of ether oxygens (including phenoxy) is 1. The van der Waals surface area contributed by atoms with Crippen LogP contribution in [0.1, 0.15) is 5.69 Å². The number of benzene rings is 1. The van der Waals surface area contributed by atoms with Crippen LogP contribution in [0.25, 0.3) is 10.9 Å². The van der Waals surface area contributed by atoms with Crippen molar-refractivity contribution in [3.63, 3.8) is 0 Å². The van der Waals surface area contributed by atoms with Gasteiger partial charge in [0.1, 0.15) is 5.75 Å². The second-order valence-electron chi connectivity index (χ2n) is 4.89. The van der Waals surface area contributed by atoms with Crippen LogP contribution in [-0.2, 0) is 17.1 Å². The zero-order valence-electron chi connectivity index (χ0n) is 12.8. The second kappa shape index (κ2) is 9.30. The number of fused-ring (bicyclic) bond motifs is 1. The van der Waals surface area contributed by atoms with Crippen molar-refractivity contribution in [2.24, 2.45) is 0 Å². The Morgan fingerprint density at radius 1 is 0.783 bits per heavy atom. The van der Waals surface area contributed by atoms with Crippen molar-refractivity contribution < 1.29 is 21.8 Å². The third-order valence-corrected chi connectivity index (χ3v) is 3.41. The van der Waals surface area contributed by atoms with Crippen LogP contribution >= 0.6 is 0 Å². The molecule has 1 aromatic heterocycles. The molecule has 2 saturated carbocycles. The number of rotatable bonds is 2. The van der Waals surface area contributed by atoms with Crippen molar-refractivity contribution >= 4 is 10.9 Å². The van der Waals surface area contributed by atoms with Crippen LogP contribution in [0.15, 0.2) is 30.3 Å². The van der Waals surface area contributed by atoms with E-state index in [2.05, 4.69) is 23.9 Å². The van der Waals surface area contributed by atoms with E-state index in [1.54, 1.807) is 7.11 Å². The summed E-state index contributed by atoms with van der Waals surface area (Å²) in [5, 5.41) is 1.10. The van der Waals surface area contributed by atoms with Gasteiger partial charge in [-0.1, -0.05) is 6.07 Å². The molecule has 3 heteroatoms. The van der Waals surface area contributed by atoms with Gasteiger partial charge in [0.15, 0.2) is 0 Å². The molecule has 0 saturated heterocycles. The third-order valence-electron chi connectivity index (χ3n) is 3.41. The van der Waals surface area contributed by atoms with Crippen molar-refractivity contribution in [1.29, 1.82) is 0 Å². The molecule has 2 aliphatic carbocycles. The molecule has 0 spiro atoms. The van der Waals surface area contributed by atoms with Crippen molar-refractivity contribution in [2.75, 3.05) is 7.11 Å². The summed E-state index contributed by atoms with van der Waals surface area (Å²) >= 11 is 0. The van der Waals surface area contributed by atoms with Crippen LogP contribution in [0.5, 0.6) is 5.75 Å². The maximum Gasteiger partial charge on any atom is 2.00 e. The van der Waals surface area contributed by atoms with E-state index in [0.717, 1.165) is 28.3 Å². The molecule has 0 aliphatic heterocycles. The summed E-state index contributed by atoms with van der Waals surface area (Å²) in [7, 11) is 1.67. The van der Waals surface area contributed by atoms with Crippen LogP contribution < -0.4 is 4.74 Å². The van der Waals surface area contributed by atoms with Crippen LogP contribution in [0, 0.1) is 63.7 Å². The van der Waals surface area contributed by atoms with E-state index < -0.39 is 0 Å². The van der Waals surface area contributed by atoms with E-state index in [1.807, 2.05) is 69.2 Å². The van der Waals surface area contributed by atoms with Gasteiger partial charge in [-0.2, -0.15) is 0 Å². The van der Waals surface area contributed by atoms with Gasteiger partial charge in [-0.05, 0) is 82.1 Å². The van der Waals surface area contributed by atoms with Crippen LogP contribution in [0.3, 0.4) is 0 Å². The van der Waals surface area contributed by atoms with Gasteiger partial charge >= 0.3 is 17.1 Å². The molecule has 114 valence electrons. The van der Waals surface area contributed by atoms with Crippen molar-refractivity contribution in [3.8, 4) is 5.75 Å². The Bertz CT molecular complexity index is 596. The SMILES string of the molecule is COc1ccc2nc([C]3[CH][CH][CH][CH]3)ccc2c1.[CH]1[CH][CH][CH][CH]1.[Fe+2]. The summed E-state index contributed by atoms with van der Waals surface area (Å²) in [5.41, 5.74) is 2.00. The molecule has 0 atom stereocenters. The molecule has 2 aliphatic rings. The maximum atomic E-state index is 5.20. The third kappa shape index (κ3) is 4.96. The Hall–Kier alpha value is -1.05. The number of pyridine rings is 1. The van der Waals surface area contributed by atoms with Crippen molar-refractivity contribution in [2.45, 2.75) is 0 Å². The fraction of sp³-hybridized carbons (Fsp3) is 0.0500. The Balaban J connectivity index is 0.000000276. The number of aromatic nitrogens is 1. The Morgan fingerprint density at radius 3 is 2.04 bits per heavy atom. The molecule has 23 heavy (non-hydrogen) atoms. The molecule has 4 rings (SSSR count). The molecule has 1 heterocycles. The summed E-state index contributed by atoms with van der Waals surface area (Å²) < 4.78 is 5.20. The minimum absolute atomic E-state index is 0. The Labute approximate surface area is 150 Å². The topological polar surface area (TPSA) is 22.1 Å². The van der Waals surface area contributed by atoms with Crippen molar-refractivity contribution in [3.05, 3.63) is 99.7 Å². The van der Waals surface area contributed by atoms with Crippen LogP contribution in [-0.4, -0.2) is 12.1 Å². The van der Waals surface area contributed by atoms with E-state index in [1.165, 1.54) is 0 Å². The van der Waals surface area contributed by atoms with Crippen molar-refractivity contribution in [1.82, 2.24) is 4.98 Å². The maximum absolute atomic E-state index is 5.20. The standard InChI is InChI=1S/C15H12NO.C5H5.Fe/c1-17-13-7-9-15-12(10-13)6-8-14(16-15)11-4-2-3-5-11;1-2-4-5-3-1;/h2-10H,1H3;1-5H;/q;;+2. The number of methoxy groups -OCH3 is 1. The number of hydrogen-bond donors (Lipinski definition) is 0. The number of nitrogens with zero attached hydrogens (tertiary/aromatic N) is 1. The first-order valence-electron chi connectivity index (χ1n) is 7.20. The van der Waals surface area contributed by atoms with Gasteiger partial charge < -0.3 is 4.74 Å². The summed E-state index contributed by atoms with van der Waals surface area (Å²) in [6.45, 7) is 0. The molecule has 2 nitrogen and oxygen atoms in total. The first-order valence-corrected chi connectivity index (χ1v) is 7.20. The molecule has 2 aromatic rings. The van der Waals surface area contributed by atoms with E-state index in [4.69, 9.17) is 4.74 Å². The van der Waals surface area contributed by atoms with Gasteiger partial charge in [0.2, 0.25) is 0 Å². The minimum atomic E-state index is 0. The predicted molar refractivity (Wildman–Crippen MR) is 89.3 cm³/mol. The first kappa shape index (κ1) is 18.3. The Morgan fingerprint density at radius 2 is 1.43 bits per heavy atom.